The molecule has 0 spiro atoms. The van der Waals surface area contributed by atoms with Gasteiger partial charge in [-0.05, 0) is 19.9 Å². The molecule has 2 aliphatic heterocycles. The fourth-order valence-electron chi connectivity index (χ4n) is 3.47. The number of nitrogens with zero attached hydrogens (tertiary/aromatic N) is 4. The van der Waals surface area contributed by atoms with E-state index in [1.165, 1.54) is 12.8 Å². The Labute approximate surface area is 130 Å². The summed E-state index contributed by atoms with van der Waals surface area (Å²) in [7, 11) is 2.08. The third-order valence-corrected chi connectivity index (χ3v) is 4.86. The van der Waals surface area contributed by atoms with Gasteiger partial charge in [0.15, 0.2) is 0 Å². The lowest BCUT2D eigenvalue weighted by Crippen LogP contribution is -2.37. The standard InChI is InChI=1S/C16H22N4O2/c1-19-5-4-16(21)20-10-13(6-12(20)9-19)22-15-8-17-14(7-18-15)11-2-3-11/h7-8,11-13H,2-6,9-10H2,1H3. The van der Waals surface area contributed by atoms with Crippen LogP contribution < -0.4 is 4.74 Å². The van der Waals surface area contributed by atoms with Gasteiger partial charge < -0.3 is 14.5 Å². The number of ether oxygens (including phenoxy) is 1. The van der Waals surface area contributed by atoms with Gasteiger partial charge in [-0.25, -0.2) is 4.98 Å². The number of hydrogen-bond acceptors (Lipinski definition) is 5. The van der Waals surface area contributed by atoms with Crippen molar-refractivity contribution in [3.8, 4) is 5.88 Å². The minimum atomic E-state index is 0.0292. The number of fused-ring (bicyclic) bond motifs is 1. The fourth-order valence-corrected chi connectivity index (χ4v) is 3.47. The third-order valence-electron chi connectivity index (χ3n) is 4.86. The van der Waals surface area contributed by atoms with E-state index in [1.54, 1.807) is 6.20 Å². The number of likely N-dealkylation sites (N-methyl/N-ethyl adjacent to an activating group) is 1. The summed E-state index contributed by atoms with van der Waals surface area (Å²) in [4.78, 5) is 25.2. The Morgan fingerprint density at radius 3 is 2.82 bits per heavy atom. The molecule has 0 radical (unpaired) electrons. The molecule has 1 aromatic rings. The topological polar surface area (TPSA) is 58.6 Å². The molecular weight excluding hydrogens is 280 g/mol. The van der Waals surface area contributed by atoms with Gasteiger partial charge in [-0.15, -0.1) is 0 Å². The molecule has 1 saturated carbocycles. The molecule has 3 aliphatic rings. The summed E-state index contributed by atoms with van der Waals surface area (Å²) in [5.74, 6) is 1.43. The molecule has 3 fully saturated rings. The van der Waals surface area contributed by atoms with Crippen LogP contribution >= 0.6 is 0 Å². The van der Waals surface area contributed by atoms with Crippen molar-refractivity contribution in [3.63, 3.8) is 0 Å². The summed E-state index contributed by atoms with van der Waals surface area (Å²) in [5, 5.41) is 0. The first-order valence-electron chi connectivity index (χ1n) is 8.15. The highest BCUT2D eigenvalue weighted by Gasteiger charge is 2.38. The Morgan fingerprint density at radius 1 is 1.23 bits per heavy atom. The summed E-state index contributed by atoms with van der Waals surface area (Å²) in [5.41, 5.74) is 1.07. The van der Waals surface area contributed by atoms with E-state index in [0.717, 1.165) is 25.2 Å². The quantitative estimate of drug-likeness (QED) is 0.835. The minimum Gasteiger partial charge on any atom is -0.471 e. The first-order valence-corrected chi connectivity index (χ1v) is 8.15. The average Bonchev–Trinajstić information content (AvgIpc) is 3.29. The van der Waals surface area contributed by atoms with Crippen molar-refractivity contribution in [1.29, 1.82) is 0 Å². The van der Waals surface area contributed by atoms with Gasteiger partial charge in [-0.1, -0.05) is 0 Å². The lowest BCUT2D eigenvalue weighted by molar-refractivity contribution is -0.131. The molecule has 6 heteroatoms. The molecule has 0 N–H and O–H groups in total. The zero-order valence-electron chi connectivity index (χ0n) is 12.9. The van der Waals surface area contributed by atoms with Crippen LogP contribution in [0.4, 0.5) is 0 Å². The molecule has 2 unspecified atom stereocenters. The predicted molar refractivity (Wildman–Crippen MR) is 80.7 cm³/mol. The van der Waals surface area contributed by atoms with Crippen LogP contribution in [0.1, 0.15) is 37.3 Å². The molecule has 1 aliphatic carbocycles. The molecule has 1 aromatic heterocycles. The second kappa shape index (κ2) is 5.50. The van der Waals surface area contributed by atoms with Gasteiger partial charge in [0.1, 0.15) is 6.10 Å². The van der Waals surface area contributed by atoms with E-state index in [-0.39, 0.29) is 18.1 Å². The van der Waals surface area contributed by atoms with Gasteiger partial charge in [0.2, 0.25) is 11.8 Å². The van der Waals surface area contributed by atoms with Crippen LogP contribution in [0.5, 0.6) is 5.88 Å². The van der Waals surface area contributed by atoms with Gasteiger partial charge in [-0.2, -0.15) is 0 Å². The van der Waals surface area contributed by atoms with Gasteiger partial charge in [0, 0.05) is 37.9 Å². The van der Waals surface area contributed by atoms with E-state index in [4.69, 9.17) is 4.74 Å². The van der Waals surface area contributed by atoms with Gasteiger partial charge in [-0.3, -0.25) is 9.78 Å². The van der Waals surface area contributed by atoms with Crippen LogP contribution in [-0.2, 0) is 4.79 Å². The minimum absolute atomic E-state index is 0.0292. The van der Waals surface area contributed by atoms with Gasteiger partial charge in [0.05, 0.1) is 24.6 Å². The predicted octanol–water partition coefficient (Wildman–Crippen LogP) is 1.04. The monoisotopic (exact) mass is 302 g/mol. The number of rotatable bonds is 3. The average molecular weight is 302 g/mol. The number of carbonyl (C=O) groups excluding carboxylic acids is 1. The first-order chi connectivity index (χ1) is 10.7. The fraction of sp³-hybridized carbons (Fsp3) is 0.688. The zero-order chi connectivity index (χ0) is 15.1. The van der Waals surface area contributed by atoms with Crippen LogP contribution in [0.15, 0.2) is 12.4 Å². The Balaban J connectivity index is 1.40. The Morgan fingerprint density at radius 2 is 2.09 bits per heavy atom. The highest BCUT2D eigenvalue weighted by Crippen LogP contribution is 2.38. The SMILES string of the molecule is CN1CCC(=O)N2CC(Oc3cnc(C4CC4)cn3)CC2C1. The third kappa shape index (κ3) is 2.79. The summed E-state index contributed by atoms with van der Waals surface area (Å²) in [6.07, 6.45) is 7.52. The number of carbonyl (C=O) groups is 1. The van der Waals surface area contributed by atoms with Gasteiger partial charge in [0.25, 0.3) is 0 Å². The van der Waals surface area contributed by atoms with Crippen LogP contribution in [-0.4, -0.2) is 64.5 Å². The molecule has 6 nitrogen and oxygen atoms in total. The molecule has 22 heavy (non-hydrogen) atoms. The summed E-state index contributed by atoms with van der Waals surface area (Å²) in [6.45, 7) is 2.45. The number of aromatic nitrogens is 2. The van der Waals surface area contributed by atoms with E-state index >= 15 is 0 Å². The van der Waals surface area contributed by atoms with Crippen LogP contribution in [0.2, 0.25) is 0 Å². The van der Waals surface area contributed by atoms with Crippen molar-refractivity contribution >= 4 is 5.91 Å². The van der Waals surface area contributed by atoms with Crippen molar-refractivity contribution in [2.75, 3.05) is 26.7 Å². The highest BCUT2D eigenvalue weighted by atomic mass is 16.5. The molecule has 0 aromatic carbocycles. The van der Waals surface area contributed by atoms with E-state index in [9.17, 15) is 4.79 Å². The summed E-state index contributed by atoms with van der Waals surface area (Å²) < 4.78 is 5.96. The molecule has 0 bridgehead atoms. The Kier molecular flexibility index (Phi) is 3.48. The maximum Gasteiger partial charge on any atom is 0.232 e. The molecular formula is C16H22N4O2. The van der Waals surface area contributed by atoms with E-state index in [1.807, 2.05) is 11.1 Å². The molecule has 4 rings (SSSR count). The second-order valence-electron chi connectivity index (χ2n) is 6.74. The smallest absolute Gasteiger partial charge is 0.232 e. The number of amides is 1. The Hall–Kier alpha value is -1.69. The van der Waals surface area contributed by atoms with Crippen molar-refractivity contribution in [2.45, 2.75) is 43.7 Å². The lowest BCUT2D eigenvalue weighted by atomic mass is 10.2. The molecule has 118 valence electrons. The van der Waals surface area contributed by atoms with Crippen LogP contribution in [0, 0.1) is 0 Å². The molecule has 2 atom stereocenters. The van der Waals surface area contributed by atoms with Gasteiger partial charge >= 0.3 is 0 Å². The second-order valence-corrected chi connectivity index (χ2v) is 6.74. The van der Waals surface area contributed by atoms with Crippen molar-refractivity contribution in [1.82, 2.24) is 19.8 Å². The lowest BCUT2D eigenvalue weighted by Gasteiger charge is -2.22. The number of hydrogen-bond donors (Lipinski definition) is 0. The van der Waals surface area contributed by atoms with E-state index < -0.39 is 0 Å². The first kappa shape index (κ1) is 13.9. The van der Waals surface area contributed by atoms with Crippen LogP contribution in [0.3, 0.4) is 0 Å². The largest absolute Gasteiger partial charge is 0.471 e. The zero-order valence-corrected chi connectivity index (χ0v) is 12.9. The Bertz CT molecular complexity index is 558. The molecule has 2 saturated heterocycles. The summed E-state index contributed by atoms with van der Waals surface area (Å²) >= 11 is 0. The van der Waals surface area contributed by atoms with Crippen molar-refractivity contribution in [2.24, 2.45) is 0 Å². The van der Waals surface area contributed by atoms with Crippen molar-refractivity contribution < 1.29 is 9.53 Å². The van der Waals surface area contributed by atoms with E-state index in [0.29, 0.717) is 24.8 Å². The molecule has 3 heterocycles. The molecule has 1 amide bonds. The summed E-state index contributed by atoms with van der Waals surface area (Å²) in [6, 6.07) is 0.267. The highest BCUT2D eigenvalue weighted by molar-refractivity contribution is 5.77. The van der Waals surface area contributed by atoms with Crippen LogP contribution in [0.25, 0.3) is 0 Å². The normalized spacial score (nSPS) is 29.3. The maximum absolute atomic E-state index is 12.2. The van der Waals surface area contributed by atoms with Crippen molar-refractivity contribution in [3.05, 3.63) is 18.1 Å². The maximum atomic E-state index is 12.2. The van der Waals surface area contributed by atoms with E-state index in [2.05, 4.69) is 21.9 Å².